The molecule has 0 saturated carbocycles. The fourth-order valence-electron chi connectivity index (χ4n) is 1.72. The summed E-state index contributed by atoms with van der Waals surface area (Å²) in [7, 11) is 0. The van der Waals surface area contributed by atoms with Crippen LogP contribution in [0.5, 0.6) is 0 Å². The molecule has 2 heterocycles. The van der Waals surface area contributed by atoms with Gasteiger partial charge < -0.3 is 9.64 Å². The fraction of sp³-hybridized carbons (Fsp3) is 0.455. The lowest BCUT2D eigenvalue weighted by Crippen LogP contribution is -2.47. The topological polar surface area (TPSA) is 42.4 Å². The van der Waals surface area contributed by atoms with Crippen molar-refractivity contribution in [2.45, 2.75) is 13.0 Å². The third-order valence-corrected chi connectivity index (χ3v) is 3.01. The van der Waals surface area contributed by atoms with Crippen LogP contribution in [0, 0.1) is 0 Å². The molecule has 1 amide bonds. The molecule has 1 aliphatic heterocycles. The summed E-state index contributed by atoms with van der Waals surface area (Å²) in [5.74, 6) is 0.0181. The van der Waals surface area contributed by atoms with Gasteiger partial charge in [-0.1, -0.05) is 0 Å². The fourth-order valence-corrected chi connectivity index (χ4v) is 2.09. The Labute approximate surface area is 103 Å². The van der Waals surface area contributed by atoms with Crippen molar-refractivity contribution < 1.29 is 9.53 Å². The van der Waals surface area contributed by atoms with Crippen LogP contribution in [0.25, 0.3) is 0 Å². The summed E-state index contributed by atoms with van der Waals surface area (Å²) in [6.07, 6.45) is 3.26. The van der Waals surface area contributed by atoms with Gasteiger partial charge in [0.1, 0.15) is 0 Å². The number of carbonyl (C=O) groups excluding carboxylic acids is 1. The molecule has 0 aromatic carbocycles. The first-order valence-corrected chi connectivity index (χ1v) is 5.97. The zero-order valence-corrected chi connectivity index (χ0v) is 10.6. The maximum atomic E-state index is 12.2. The Morgan fingerprint density at radius 3 is 3.12 bits per heavy atom. The van der Waals surface area contributed by atoms with Gasteiger partial charge in [0.2, 0.25) is 0 Å². The van der Waals surface area contributed by atoms with Crippen LogP contribution in [0.3, 0.4) is 0 Å². The molecule has 0 spiro atoms. The van der Waals surface area contributed by atoms with Crippen LogP contribution in [0.4, 0.5) is 0 Å². The molecule has 4 nitrogen and oxygen atoms in total. The summed E-state index contributed by atoms with van der Waals surface area (Å²) >= 11 is 3.31. The SMILES string of the molecule is C[C@@H]1COCCN1C(=O)c1cncc(Br)c1. The van der Waals surface area contributed by atoms with Gasteiger partial charge in [-0.2, -0.15) is 0 Å². The molecule has 5 heteroatoms. The van der Waals surface area contributed by atoms with Crippen molar-refractivity contribution in [3.05, 3.63) is 28.5 Å². The van der Waals surface area contributed by atoms with E-state index in [4.69, 9.17) is 4.74 Å². The second-order valence-electron chi connectivity index (χ2n) is 3.81. The Kier molecular flexibility index (Phi) is 3.56. The van der Waals surface area contributed by atoms with E-state index in [1.54, 1.807) is 18.5 Å². The average Bonchev–Trinajstić information content (AvgIpc) is 2.29. The number of rotatable bonds is 1. The Morgan fingerprint density at radius 2 is 2.44 bits per heavy atom. The minimum absolute atomic E-state index is 0.0181. The van der Waals surface area contributed by atoms with E-state index in [2.05, 4.69) is 20.9 Å². The molecule has 1 saturated heterocycles. The minimum atomic E-state index is 0.0181. The molecule has 86 valence electrons. The molecule has 1 aromatic rings. The molecule has 1 fully saturated rings. The highest BCUT2D eigenvalue weighted by molar-refractivity contribution is 9.10. The van der Waals surface area contributed by atoms with E-state index in [1.807, 2.05) is 11.8 Å². The molecular weight excluding hydrogens is 272 g/mol. The van der Waals surface area contributed by atoms with E-state index in [-0.39, 0.29) is 11.9 Å². The van der Waals surface area contributed by atoms with E-state index < -0.39 is 0 Å². The number of halogens is 1. The standard InChI is InChI=1S/C11H13BrN2O2/c1-8-7-16-3-2-14(8)11(15)9-4-10(12)6-13-5-9/h4-6,8H,2-3,7H2,1H3/t8-/m1/s1. The van der Waals surface area contributed by atoms with Crippen LogP contribution < -0.4 is 0 Å². The monoisotopic (exact) mass is 284 g/mol. The van der Waals surface area contributed by atoms with Gasteiger partial charge in [0.05, 0.1) is 24.8 Å². The lowest BCUT2D eigenvalue weighted by molar-refractivity contribution is 0.00357. The summed E-state index contributed by atoms with van der Waals surface area (Å²) < 4.78 is 6.12. The van der Waals surface area contributed by atoms with Crippen LogP contribution in [0.1, 0.15) is 17.3 Å². The summed E-state index contributed by atoms with van der Waals surface area (Å²) in [5, 5.41) is 0. The van der Waals surface area contributed by atoms with Crippen molar-refractivity contribution in [3.63, 3.8) is 0 Å². The zero-order valence-electron chi connectivity index (χ0n) is 9.02. The third kappa shape index (κ3) is 2.41. The third-order valence-electron chi connectivity index (χ3n) is 2.58. The van der Waals surface area contributed by atoms with Crippen LogP contribution in [0.15, 0.2) is 22.9 Å². The largest absolute Gasteiger partial charge is 0.377 e. The van der Waals surface area contributed by atoms with Gasteiger partial charge in [-0.05, 0) is 28.9 Å². The molecule has 0 N–H and O–H groups in total. The number of aromatic nitrogens is 1. The van der Waals surface area contributed by atoms with Gasteiger partial charge in [-0.15, -0.1) is 0 Å². The van der Waals surface area contributed by atoms with Gasteiger partial charge in [0.15, 0.2) is 0 Å². The van der Waals surface area contributed by atoms with Gasteiger partial charge in [0, 0.05) is 23.4 Å². The summed E-state index contributed by atoms with van der Waals surface area (Å²) in [5.41, 5.74) is 0.614. The van der Waals surface area contributed by atoms with E-state index in [1.165, 1.54) is 0 Å². The Morgan fingerprint density at radius 1 is 1.62 bits per heavy atom. The number of nitrogens with zero attached hydrogens (tertiary/aromatic N) is 2. The van der Waals surface area contributed by atoms with Crippen molar-refractivity contribution in [2.24, 2.45) is 0 Å². The molecule has 0 aliphatic carbocycles. The first kappa shape index (κ1) is 11.5. The van der Waals surface area contributed by atoms with Crippen LogP contribution >= 0.6 is 15.9 Å². The van der Waals surface area contributed by atoms with Gasteiger partial charge >= 0.3 is 0 Å². The van der Waals surface area contributed by atoms with Crippen LogP contribution in [-0.4, -0.2) is 41.6 Å². The molecule has 0 bridgehead atoms. The quantitative estimate of drug-likeness (QED) is 0.788. The van der Waals surface area contributed by atoms with Crippen molar-refractivity contribution in [1.82, 2.24) is 9.88 Å². The maximum Gasteiger partial charge on any atom is 0.255 e. The molecule has 1 aromatic heterocycles. The highest BCUT2D eigenvalue weighted by Gasteiger charge is 2.24. The lowest BCUT2D eigenvalue weighted by atomic mass is 10.2. The van der Waals surface area contributed by atoms with E-state index in [9.17, 15) is 4.79 Å². The highest BCUT2D eigenvalue weighted by atomic mass is 79.9. The predicted octanol–water partition coefficient (Wildman–Crippen LogP) is 1.70. The number of ether oxygens (including phenoxy) is 1. The Bertz CT molecular complexity index is 397. The van der Waals surface area contributed by atoms with Crippen molar-refractivity contribution in [1.29, 1.82) is 0 Å². The normalized spacial score (nSPS) is 20.9. The van der Waals surface area contributed by atoms with Gasteiger partial charge in [-0.3, -0.25) is 9.78 Å². The predicted molar refractivity (Wildman–Crippen MR) is 63.3 cm³/mol. The smallest absolute Gasteiger partial charge is 0.255 e. The van der Waals surface area contributed by atoms with Crippen molar-refractivity contribution >= 4 is 21.8 Å². The number of carbonyl (C=O) groups is 1. The van der Waals surface area contributed by atoms with Gasteiger partial charge in [0.25, 0.3) is 5.91 Å². The molecule has 0 radical (unpaired) electrons. The number of hydrogen-bond donors (Lipinski definition) is 0. The Hall–Kier alpha value is -0.940. The Balaban J connectivity index is 2.17. The van der Waals surface area contributed by atoms with Crippen molar-refractivity contribution in [3.8, 4) is 0 Å². The van der Waals surface area contributed by atoms with Crippen molar-refractivity contribution in [2.75, 3.05) is 19.8 Å². The lowest BCUT2D eigenvalue weighted by Gasteiger charge is -2.33. The minimum Gasteiger partial charge on any atom is -0.377 e. The second kappa shape index (κ2) is 4.93. The van der Waals surface area contributed by atoms with E-state index in [0.717, 1.165) is 4.47 Å². The summed E-state index contributed by atoms with van der Waals surface area (Å²) in [6, 6.07) is 1.91. The number of hydrogen-bond acceptors (Lipinski definition) is 3. The number of amides is 1. The zero-order chi connectivity index (χ0) is 11.5. The molecule has 1 aliphatic rings. The second-order valence-corrected chi connectivity index (χ2v) is 4.73. The summed E-state index contributed by atoms with van der Waals surface area (Å²) in [6.45, 7) is 3.85. The first-order valence-electron chi connectivity index (χ1n) is 5.18. The average molecular weight is 285 g/mol. The number of pyridine rings is 1. The maximum absolute atomic E-state index is 12.2. The summed E-state index contributed by atoms with van der Waals surface area (Å²) in [4.78, 5) is 18.0. The van der Waals surface area contributed by atoms with Crippen LogP contribution in [-0.2, 0) is 4.74 Å². The van der Waals surface area contributed by atoms with E-state index in [0.29, 0.717) is 25.3 Å². The molecular formula is C11H13BrN2O2. The molecule has 2 rings (SSSR count). The molecule has 0 unspecified atom stereocenters. The van der Waals surface area contributed by atoms with Crippen LogP contribution in [0.2, 0.25) is 0 Å². The highest BCUT2D eigenvalue weighted by Crippen LogP contribution is 2.15. The van der Waals surface area contributed by atoms with E-state index >= 15 is 0 Å². The number of morpholine rings is 1. The molecule has 16 heavy (non-hydrogen) atoms. The molecule has 1 atom stereocenters. The van der Waals surface area contributed by atoms with Gasteiger partial charge in [-0.25, -0.2) is 0 Å². The first-order chi connectivity index (χ1) is 7.68.